The number of hydrogen-bond donors (Lipinski definition) is 2. The summed E-state index contributed by atoms with van der Waals surface area (Å²) in [5.74, 6) is -1.42. The Bertz CT molecular complexity index is 558. The fraction of sp³-hybridized carbons (Fsp3) is 0. The maximum Gasteiger partial charge on any atom is 0.260 e. The number of benzene rings is 1. The highest BCUT2D eigenvalue weighted by Crippen LogP contribution is 2.16. The summed E-state index contributed by atoms with van der Waals surface area (Å²) in [6, 6.07) is 8.81. The molecule has 0 atom stereocenters. The SMILES string of the molecule is O=C(Nc1cccc(O)c1)c1cccnc1F. The summed E-state index contributed by atoms with van der Waals surface area (Å²) in [7, 11) is 0. The van der Waals surface area contributed by atoms with Crippen LogP contribution in [0.3, 0.4) is 0 Å². The number of nitrogens with one attached hydrogen (secondary N) is 1. The summed E-state index contributed by atoms with van der Waals surface area (Å²) < 4.78 is 13.2. The standard InChI is InChI=1S/C12H9FN2O2/c13-11-10(5-2-6-14-11)12(17)15-8-3-1-4-9(16)7-8/h1-7,16H,(H,15,17). The van der Waals surface area contributed by atoms with Gasteiger partial charge >= 0.3 is 0 Å². The van der Waals surface area contributed by atoms with E-state index < -0.39 is 11.9 Å². The average molecular weight is 232 g/mol. The smallest absolute Gasteiger partial charge is 0.260 e. The zero-order valence-corrected chi connectivity index (χ0v) is 8.72. The fourth-order valence-electron chi connectivity index (χ4n) is 1.34. The van der Waals surface area contributed by atoms with E-state index in [1.54, 1.807) is 12.1 Å². The Kier molecular flexibility index (Phi) is 3.00. The fourth-order valence-corrected chi connectivity index (χ4v) is 1.34. The number of rotatable bonds is 2. The predicted octanol–water partition coefficient (Wildman–Crippen LogP) is 2.18. The summed E-state index contributed by atoms with van der Waals surface area (Å²) in [6.07, 6.45) is 1.26. The van der Waals surface area contributed by atoms with Gasteiger partial charge in [0.15, 0.2) is 0 Å². The molecule has 0 radical (unpaired) electrons. The Morgan fingerprint density at radius 1 is 1.29 bits per heavy atom. The van der Waals surface area contributed by atoms with E-state index in [0.29, 0.717) is 5.69 Å². The van der Waals surface area contributed by atoms with Gasteiger partial charge in [0.1, 0.15) is 5.75 Å². The lowest BCUT2D eigenvalue weighted by Gasteiger charge is -2.05. The highest BCUT2D eigenvalue weighted by atomic mass is 19.1. The molecule has 0 saturated heterocycles. The molecule has 0 unspecified atom stereocenters. The number of anilines is 1. The highest BCUT2D eigenvalue weighted by molar-refractivity contribution is 6.04. The van der Waals surface area contributed by atoms with Crippen LogP contribution >= 0.6 is 0 Å². The lowest BCUT2D eigenvalue weighted by molar-refractivity contribution is 0.102. The number of phenolic OH excluding ortho intramolecular Hbond substituents is 1. The molecule has 4 nitrogen and oxygen atoms in total. The van der Waals surface area contributed by atoms with Gasteiger partial charge in [0.2, 0.25) is 5.95 Å². The van der Waals surface area contributed by atoms with Crippen LogP contribution in [-0.4, -0.2) is 16.0 Å². The maximum atomic E-state index is 13.2. The number of carbonyl (C=O) groups is 1. The summed E-state index contributed by atoms with van der Waals surface area (Å²) in [5, 5.41) is 11.7. The van der Waals surface area contributed by atoms with Crippen LogP contribution in [0.5, 0.6) is 5.75 Å². The molecule has 5 heteroatoms. The van der Waals surface area contributed by atoms with Crippen molar-refractivity contribution in [2.75, 3.05) is 5.32 Å². The van der Waals surface area contributed by atoms with Gasteiger partial charge < -0.3 is 10.4 Å². The molecule has 0 fully saturated rings. The summed E-state index contributed by atoms with van der Waals surface area (Å²) in [6.45, 7) is 0. The van der Waals surface area contributed by atoms with Gasteiger partial charge in [-0.15, -0.1) is 0 Å². The van der Waals surface area contributed by atoms with Gasteiger partial charge in [-0.05, 0) is 24.3 Å². The Morgan fingerprint density at radius 3 is 2.82 bits per heavy atom. The molecule has 0 spiro atoms. The number of halogens is 1. The van der Waals surface area contributed by atoms with Crippen LogP contribution in [-0.2, 0) is 0 Å². The second kappa shape index (κ2) is 4.61. The third kappa shape index (κ3) is 2.57. The first-order valence-electron chi connectivity index (χ1n) is 4.88. The predicted molar refractivity (Wildman–Crippen MR) is 60.3 cm³/mol. The Balaban J connectivity index is 2.20. The quantitative estimate of drug-likeness (QED) is 0.780. The van der Waals surface area contributed by atoms with Gasteiger partial charge in [-0.25, -0.2) is 4.98 Å². The van der Waals surface area contributed by atoms with Crippen molar-refractivity contribution < 1.29 is 14.3 Å². The van der Waals surface area contributed by atoms with Crippen LogP contribution in [0.25, 0.3) is 0 Å². The zero-order valence-electron chi connectivity index (χ0n) is 8.72. The van der Waals surface area contributed by atoms with E-state index in [1.165, 1.54) is 30.5 Å². The van der Waals surface area contributed by atoms with Crippen LogP contribution < -0.4 is 5.32 Å². The number of hydrogen-bond acceptors (Lipinski definition) is 3. The highest BCUT2D eigenvalue weighted by Gasteiger charge is 2.11. The number of aromatic nitrogens is 1. The van der Waals surface area contributed by atoms with Crippen LogP contribution in [0.2, 0.25) is 0 Å². The molecule has 0 aliphatic rings. The van der Waals surface area contributed by atoms with Crippen molar-refractivity contribution in [3.8, 4) is 5.75 Å². The van der Waals surface area contributed by atoms with Crippen LogP contribution in [0.4, 0.5) is 10.1 Å². The van der Waals surface area contributed by atoms with E-state index >= 15 is 0 Å². The van der Waals surface area contributed by atoms with Crippen molar-refractivity contribution in [2.24, 2.45) is 0 Å². The van der Waals surface area contributed by atoms with Gasteiger partial charge in [-0.1, -0.05) is 6.07 Å². The monoisotopic (exact) mass is 232 g/mol. The van der Waals surface area contributed by atoms with E-state index in [-0.39, 0.29) is 11.3 Å². The summed E-state index contributed by atoms with van der Waals surface area (Å²) >= 11 is 0. The molecule has 2 rings (SSSR count). The van der Waals surface area contributed by atoms with Crippen molar-refractivity contribution in [3.63, 3.8) is 0 Å². The first-order valence-corrected chi connectivity index (χ1v) is 4.88. The van der Waals surface area contributed by atoms with Gasteiger partial charge in [-0.2, -0.15) is 4.39 Å². The molecular formula is C12H9FN2O2. The zero-order chi connectivity index (χ0) is 12.3. The average Bonchev–Trinajstić information content (AvgIpc) is 2.29. The van der Waals surface area contributed by atoms with Crippen LogP contribution in [0.1, 0.15) is 10.4 Å². The minimum atomic E-state index is -0.829. The van der Waals surface area contributed by atoms with Gasteiger partial charge in [0.05, 0.1) is 5.56 Å². The normalized spacial score (nSPS) is 9.94. The molecule has 1 heterocycles. The second-order valence-corrected chi connectivity index (χ2v) is 3.35. The number of nitrogens with zero attached hydrogens (tertiary/aromatic N) is 1. The third-order valence-electron chi connectivity index (χ3n) is 2.11. The van der Waals surface area contributed by atoms with Crippen molar-refractivity contribution in [2.45, 2.75) is 0 Å². The van der Waals surface area contributed by atoms with E-state index in [4.69, 9.17) is 0 Å². The number of carbonyl (C=O) groups excluding carboxylic acids is 1. The number of pyridine rings is 1. The van der Waals surface area contributed by atoms with E-state index in [0.717, 1.165) is 0 Å². The van der Waals surface area contributed by atoms with Gasteiger partial charge in [0, 0.05) is 18.0 Å². The lowest BCUT2D eigenvalue weighted by atomic mass is 10.2. The molecular weight excluding hydrogens is 223 g/mol. The lowest BCUT2D eigenvalue weighted by Crippen LogP contribution is -2.14. The minimum absolute atomic E-state index is 0.0226. The van der Waals surface area contributed by atoms with Gasteiger partial charge in [0.25, 0.3) is 5.91 Å². The second-order valence-electron chi connectivity index (χ2n) is 3.35. The molecule has 1 aromatic carbocycles. The van der Waals surface area contributed by atoms with E-state index in [2.05, 4.69) is 10.3 Å². The van der Waals surface area contributed by atoms with E-state index in [9.17, 15) is 14.3 Å². The first kappa shape index (κ1) is 11.1. The van der Waals surface area contributed by atoms with Crippen LogP contribution in [0, 0.1) is 5.95 Å². The van der Waals surface area contributed by atoms with E-state index in [1.807, 2.05) is 0 Å². The topological polar surface area (TPSA) is 62.2 Å². The van der Waals surface area contributed by atoms with Gasteiger partial charge in [-0.3, -0.25) is 4.79 Å². The number of amides is 1. The molecule has 2 aromatic rings. The van der Waals surface area contributed by atoms with Crippen molar-refractivity contribution >= 4 is 11.6 Å². The Hall–Kier alpha value is -2.43. The molecule has 0 aliphatic heterocycles. The maximum absolute atomic E-state index is 13.2. The van der Waals surface area contributed by atoms with Crippen molar-refractivity contribution in [1.29, 1.82) is 0 Å². The molecule has 1 amide bonds. The molecule has 0 bridgehead atoms. The van der Waals surface area contributed by atoms with Crippen molar-refractivity contribution in [1.82, 2.24) is 4.98 Å². The largest absolute Gasteiger partial charge is 0.508 e. The molecule has 86 valence electrons. The number of phenols is 1. The molecule has 1 aromatic heterocycles. The van der Waals surface area contributed by atoms with Crippen molar-refractivity contribution in [3.05, 3.63) is 54.1 Å². The summed E-state index contributed by atoms with van der Waals surface area (Å²) in [4.78, 5) is 15.1. The molecule has 0 saturated carbocycles. The first-order chi connectivity index (χ1) is 8.16. The Labute approximate surface area is 96.7 Å². The molecule has 2 N–H and O–H groups in total. The molecule has 0 aliphatic carbocycles. The molecule has 17 heavy (non-hydrogen) atoms. The number of aromatic hydroxyl groups is 1. The van der Waals surface area contributed by atoms with Crippen LogP contribution in [0.15, 0.2) is 42.6 Å². The third-order valence-corrected chi connectivity index (χ3v) is 2.11. The Morgan fingerprint density at radius 2 is 2.12 bits per heavy atom. The minimum Gasteiger partial charge on any atom is -0.508 e. The summed E-state index contributed by atoms with van der Waals surface area (Å²) in [5.41, 5.74) is 0.245.